The van der Waals surface area contributed by atoms with Crippen molar-refractivity contribution in [3.05, 3.63) is 29.8 Å². The zero-order valence-electron chi connectivity index (χ0n) is 11.8. The molecule has 2 amide bonds. The van der Waals surface area contributed by atoms with Crippen LogP contribution in [0.15, 0.2) is 24.3 Å². The number of imide groups is 1. The molecule has 1 aliphatic heterocycles. The van der Waals surface area contributed by atoms with Crippen molar-refractivity contribution in [2.45, 2.75) is 32.2 Å². The Labute approximate surface area is 119 Å². The fourth-order valence-electron chi connectivity index (χ4n) is 3.43. The van der Waals surface area contributed by atoms with Crippen molar-refractivity contribution in [2.75, 3.05) is 11.9 Å². The topological polar surface area (TPSA) is 49.4 Å². The minimum absolute atomic E-state index is 0.00121. The van der Waals surface area contributed by atoms with E-state index in [4.69, 9.17) is 0 Å². The highest BCUT2D eigenvalue weighted by Gasteiger charge is 2.48. The number of nitrogens with zero attached hydrogens (tertiary/aromatic N) is 1. The van der Waals surface area contributed by atoms with Crippen LogP contribution in [-0.4, -0.2) is 18.9 Å². The number of fused-ring (bicyclic) bond motifs is 1. The lowest BCUT2D eigenvalue weighted by atomic mass is 9.81. The molecule has 2 fully saturated rings. The number of nitrogens with one attached hydrogen (secondary N) is 1. The van der Waals surface area contributed by atoms with E-state index in [0.29, 0.717) is 0 Å². The van der Waals surface area contributed by atoms with Gasteiger partial charge in [-0.1, -0.05) is 25.0 Å². The molecule has 1 aliphatic carbocycles. The Bertz CT molecular complexity index is 517. The first-order chi connectivity index (χ1) is 9.72. The van der Waals surface area contributed by atoms with Gasteiger partial charge in [-0.05, 0) is 37.6 Å². The molecular formula is C16H20N2O2. The van der Waals surface area contributed by atoms with Crippen molar-refractivity contribution in [1.29, 1.82) is 0 Å². The van der Waals surface area contributed by atoms with Gasteiger partial charge >= 0.3 is 0 Å². The molecular weight excluding hydrogens is 252 g/mol. The molecule has 20 heavy (non-hydrogen) atoms. The summed E-state index contributed by atoms with van der Waals surface area (Å²) in [5, 5.41) is 3.09. The van der Waals surface area contributed by atoms with Crippen molar-refractivity contribution in [3.8, 4) is 0 Å². The van der Waals surface area contributed by atoms with Crippen LogP contribution in [0.3, 0.4) is 0 Å². The highest BCUT2D eigenvalue weighted by atomic mass is 16.2. The van der Waals surface area contributed by atoms with E-state index in [2.05, 4.69) is 5.32 Å². The van der Waals surface area contributed by atoms with Gasteiger partial charge in [0.25, 0.3) is 0 Å². The van der Waals surface area contributed by atoms with Crippen molar-refractivity contribution in [1.82, 2.24) is 5.32 Å². The average molecular weight is 272 g/mol. The second kappa shape index (κ2) is 5.37. The first-order valence-corrected chi connectivity index (χ1v) is 7.33. The van der Waals surface area contributed by atoms with Crippen LogP contribution in [0.25, 0.3) is 0 Å². The Kier molecular flexibility index (Phi) is 3.57. The fraction of sp³-hybridized carbons (Fsp3) is 0.500. The quantitative estimate of drug-likeness (QED) is 0.857. The second-order valence-electron chi connectivity index (χ2n) is 5.71. The van der Waals surface area contributed by atoms with E-state index in [-0.39, 0.29) is 23.7 Å². The molecule has 2 aliphatic rings. The molecule has 1 heterocycles. The monoisotopic (exact) mass is 272 g/mol. The van der Waals surface area contributed by atoms with Crippen molar-refractivity contribution in [3.63, 3.8) is 0 Å². The molecule has 2 unspecified atom stereocenters. The molecule has 0 bridgehead atoms. The van der Waals surface area contributed by atoms with Crippen LogP contribution >= 0.6 is 0 Å². The first-order valence-electron chi connectivity index (χ1n) is 7.33. The van der Waals surface area contributed by atoms with Gasteiger partial charge in [0.15, 0.2) is 0 Å². The van der Waals surface area contributed by atoms with Crippen LogP contribution in [0.4, 0.5) is 5.69 Å². The molecule has 1 aromatic carbocycles. The molecule has 0 radical (unpaired) electrons. The van der Waals surface area contributed by atoms with Crippen LogP contribution in [0.1, 0.15) is 31.2 Å². The number of hydrogen-bond acceptors (Lipinski definition) is 3. The van der Waals surface area contributed by atoms with Gasteiger partial charge in [-0.3, -0.25) is 14.5 Å². The molecule has 4 nitrogen and oxygen atoms in total. The molecule has 1 saturated carbocycles. The third-order valence-corrected chi connectivity index (χ3v) is 4.39. The number of hydrogen-bond donors (Lipinski definition) is 1. The van der Waals surface area contributed by atoms with Gasteiger partial charge in [-0.2, -0.15) is 0 Å². The highest BCUT2D eigenvalue weighted by molar-refractivity contribution is 6.22. The van der Waals surface area contributed by atoms with Crippen LogP contribution in [0, 0.1) is 11.8 Å². The second-order valence-corrected chi connectivity index (χ2v) is 5.71. The largest absolute Gasteiger partial charge is 0.316 e. The molecule has 3 rings (SSSR count). The maximum atomic E-state index is 12.5. The van der Waals surface area contributed by atoms with Crippen LogP contribution in [0.2, 0.25) is 0 Å². The minimum Gasteiger partial charge on any atom is -0.316 e. The van der Waals surface area contributed by atoms with Crippen LogP contribution in [-0.2, 0) is 16.1 Å². The van der Waals surface area contributed by atoms with Crippen molar-refractivity contribution in [2.24, 2.45) is 11.8 Å². The van der Waals surface area contributed by atoms with Gasteiger partial charge in [0.2, 0.25) is 11.8 Å². The number of rotatable bonds is 3. The molecule has 1 saturated heterocycles. The third-order valence-electron chi connectivity index (χ3n) is 4.39. The summed E-state index contributed by atoms with van der Waals surface area (Å²) in [7, 11) is 1.88. The summed E-state index contributed by atoms with van der Waals surface area (Å²) in [4.78, 5) is 26.4. The van der Waals surface area contributed by atoms with E-state index in [1.54, 1.807) is 0 Å². The summed E-state index contributed by atoms with van der Waals surface area (Å²) in [5.41, 5.74) is 1.81. The summed E-state index contributed by atoms with van der Waals surface area (Å²) in [6.45, 7) is 0.733. The Balaban J connectivity index is 1.91. The summed E-state index contributed by atoms with van der Waals surface area (Å²) < 4.78 is 0. The fourth-order valence-corrected chi connectivity index (χ4v) is 3.43. The summed E-state index contributed by atoms with van der Waals surface area (Å²) in [5.74, 6) is -0.156. The molecule has 106 valence electrons. The van der Waals surface area contributed by atoms with E-state index in [1.165, 1.54) is 4.90 Å². The molecule has 1 N–H and O–H groups in total. The van der Waals surface area contributed by atoms with Gasteiger partial charge in [-0.25, -0.2) is 0 Å². The number of carbonyl (C=O) groups is 2. The Morgan fingerprint density at radius 3 is 2.40 bits per heavy atom. The predicted octanol–water partition coefficient (Wildman–Crippen LogP) is 2.09. The van der Waals surface area contributed by atoms with Gasteiger partial charge in [0.05, 0.1) is 17.5 Å². The first kappa shape index (κ1) is 13.3. The zero-order chi connectivity index (χ0) is 14.1. The minimum atomic E-state index is -0.0794. The van der Waals surface area contributed by atoms with Gasteiger partial charge in [0.1, 0.15) is 0 Å². The molecule has 0 spiro atoms. The normalized spacial score (nSPS) is 25.9. The lowest BCUT2D eigenvalue weighted by molar-refractivity contribution is -0.122. The van der Waals surface area contributed by atoms with Crippen LogP contribution < -0.4 is 10.2 Å². The smallest absolute Gasteiger partial charge is 0.237 e. The summed E-state index contributed by atoms with van der Waals surface area (Å²) >= 11 is 0. The Morgan fingerprint density at radius 2 is 1.80 bits per heavy atom. The number of benzene rings is 1. The standard InChI is InChI=1S/C16H20N2O2/c1-17-10-11-5-4-6-12(9-11)18-15(19)13-7-2-3-8-14(13)16(18)20/h4-6,9,13-14,17H,2-3,7-8,10H2,1H3. The Hall–Kier alpha value is -1.68. The summed E-state index contributed by atoms with van der Waals surface area (Å²) in [6.07, 6.45) is 3.85. The number of amides is 2. The van der Waals surface area contributed by atoms with E-state index in [9.17, 15) is 9.59 Å². The van der Waals surface area contributed by atoms with Gasteiger partial charge in [-0.15, -0.1) is 0 Å². The van der Waals surface area contributed by atoms with Crippen molar-refractivity contribution < 1.29 is 9.59 Å². The maximum Gasteiger partial charge on any atom is 0.237 e. The average Bonchev–Trinajstić information content (AvgIpc) is 2.72. The molecule has 1 aromatic rings. The van der Waals surface area contributed by atoms with E-state index < -0.39 is 0 Å². The predicted molar refractivity (Wildman–Crippen MR) is 77.1 cm³/mol. The summed E-state index contributed by atoms with van der Waals surface area (Å²) in [6, 6.07) is 7.69. The zero-order valence-corrected chi connectivity index (χ0v) is 11.8. The Morgan fingerprint density at radius 1 is 1.15 bits per heavy atom. The van der Waals surface area contributed by atoms with Gasteiger partial charge in [0, 0.05) is 6.54 Å². The van der Waals surface area contributed by atoms with Crippen LogP contribution in [0.5, 0.6) is 0 Å². The SMILES string of the molecule is CNCc1cccc(N2C(=O)C3CCCCC3C2=O)c1. The van der Waals surface area contributed by atoms with Gasteiger partial charge < -0.3 is 5.32 Å². The van der Waals surface area contributed by atoms with E-state index in [0.717, 1.165) is 43.5 Å². The maximum absolute atomic E-state index is 12.5. The molecule has 2 atom stereocenters. The molecule has 4 heteroatoms. The number of anilines is 1. The molecule has 0 aromatic heterocycles. The van der Waals surface area contributed by atoms with Crippen molar-refractivity contribution >= 4 is 17.5 Å². The lowest BCUT2D eigenvalue weighted by Gasteiger charge is -2.19. The van der Waals surface area contributed by atoms with E-state index in [1.807, 2.05) is 31.3 Å². The highest BCUT2D eigenvalue weighted by Crippen LogP contribution is 2.40. The lowest BCUT2D eigenvalue weighted by Crippen LogP contribution is -2.30. The third kappa shape index (κ3) is 2.14. The number of carbonyl (C=O) groups excluding carboxylic acids is 2. The van der Waals surface area contributed by atoms with E-state index >= 15 is 0 Å².